The summed E-state index contributed by atoms with van der Waals surface area (Å²) in [5.74, 6) is 0.465. The van der Waals surface area contributed by atoms with Crippen LogP contribution < -0.4 is 5.32 Å². The first-order chi connectivity index (χ1) is 10.8. The van der Waals surface area contributed by atoms with Gasteiger partial charge >= 0.3 is 0 Å². The third-order valence-corrected chi connectivity index (χ3v) is 3.70. The van der Waals surface area contributed by atoms with E-state index in [1.807, 2.05) is 0 Å². The van der Waals surface area contributed by atoms with Gasteiger partial charge in [0, 0.05) is 20.6 Å². The van der Waals surface area contributed by atoms with Crippen LogP contribution in [-0.2, 0) is 16.0 Å². The molecule has 23 heavy (non-hydrogen) atoms. The van der Waals surface area contributed by atoms with Crippen LogP contribution in [0.4, 0.5) is 0 Å². The standard InChI is InChI=1S/C18H29N3O2/c1-14(2)16-8-6-15(7-9-16)10-11-19-17(22)12-21(5)13-18(23)20(3)4/h6-9,14H,10-13H2,1-5H3,(H,19,22). The smallest absolute Gasteiger partial charge is 0.236 e. The topological polar surface area (TPSA) is 52.7 Å². The summed E-state index contributed by atoms with van der Waals surface area (Å²) in [6.45, 7) is 5.43. The molecule has 0 aliphatic heterocycles. The molecule has 0 heterocycles. The number of benzene rings is 1. The van der Waals surface area contributed by atoms with E-state index in [0.29, 0.717) is 12.5 Å². The van der Waals surface area contributed by atoms with Gasteiger partial charge in [-0.05, 0) is 30.5 Å². The van der Waals surface area contributed by atoms with Gasteiger partial charge in [-0.3, -0.25) is 14.5 Å². The summed E-state index contributed by atoms with van der Waals surface area (Å²) in [7, 11) is 5.19. The van der Waals surface area contributed by atoms with Gasteiger partial charge in [-0.25, -0.2) is 0 Å². The Kier molecular flexibility index (Phi) is 7.75. The average molecular weight is 319 g/mol. The van der Waals surface area contributed by atoms with Crippen LogP contribution in [0.1, 0.15) is 30.9 Å². The molecule has 1 aromatic carbocycles. The highest BCUT2D eigenvalue weighted by molar-refractivity contribution is 5.80. The molecule has 0 fully saturated rings. The van der Waals surface area contributed by atoms with Crippen molar-refractivity contribution in [2.75, 3.05) is 40.8 Å². The Bertz CT molecular complexity index is 510. The molecule has 0 aromatic heterocycles. The Labute approximate surface area is 139 Å². The fourth-order valence-corrected chi connectivity index (χ4v) is 2.14. The number of amides is 2. The number of hydrogen-bond acceptors (Lipinski definition) is 3. The van der Waals surface area contributed by atoms with E-state index in [0.717, 1.165) is 6.42 Å². The predicted molar refractivity (Wildman–Crippen MR) is 93.4 cm³/mol. The number of nitrogens with one attached hydrogen (secondary N) is 1. The zero-order valence-electron chi connectivity index (χ0n) is 14.9. The zero-order valence-corrected chi connectivity index (χ0v) is 14.9. The normalized spacial score (nSPS) is 10.9. The Morgan fingerprint density at radius 3 is 2.17 bits per heavy atom. The first-order valence-electron chi connectivity index (χ1n) is 8.03. The molecule has 2 amide bonds. The van der Waals surface area contributed by atoms with E-state index in [2.05, 4.69) is 43.4 Å². The highest BCUT2D eigenvalue weighted by atomic mass is 16.2. The lowest BCUT2D eigenvalue weighted by molar-refractivity contribution is -0.130. The Morgan fingerprint density at radius 2 is 1.65 bits per heavy atom. The average Bonchev–Trinajstić information content (AvgIpc) is 2.47. The summed E-state index contributed by atoms with van der Waals surface area (Å²) in [5.41, 5.74) is 2.54. The van der Waals surface area contributed by atoms with Crippen molar-refractivity contribution in [1.82, 2.24) is 15.1 Å². The van der Waals surface area contributed by atoms with Gasteiger partial charge in [0.25, 0.3) is 0 Å². The highest BCUT2D eigenvalue weighted by Crippen LogP contribution is 2.14. The van der Waals surface area contributed by atoms with Crippen molar-refractivity contribution in [2.45, 2.75) is 26.2 Å². The van der Waals surface area contributed by atoms with Crippen molar-refractivity contribution in [1.29, 1.82) is 0 Å². The van der Waals surface area contributed by atoms with Crippen LogP contribution in [-0.4, -0.2) is 62.4 Å². The quantitative estimate of drug-likeness (QED) is 0.790. The molecule has 0 spiro atoms. The van der Waals surface area contributed by atoms with E-state index in [-0.39, 0.29) is 24.9 Å². The molecule has 0 aliphatic rings. The van der Waals surface area contributed by atoms with E-state index >= 15 is 0 Å². The number of carbonyl (C=O) groups excluding carboxylic acids is 2. The molecular formula is C18H29N3O2. The molecule has 0 atom stereocenters. The lowest BCUT2D eigenvalue weighted by atomic mass is 10.0. The second-order valence-corrected chi connectivity index (χ2v) is 6.46. The molecule has 0 saturated heterocycles. The first kappa shape index (κ1) is 19.2. The fourth-order valence-electron chi connectivity index (χ4n) is 2.14. The van der Waals surface area contributed by atoms with Gasteiger partial charge in [-0.1, -0.05) is 38.1 Å². The molecule has 0 unspecified atom stereocenters. The maximum absolute atomic E-state index is 11.9. The second kappa shape index (κ2) is 9.30. The molecular weight excluding hydrogens is 290 g/mol. The summed E-state index contributed by atoms with van der Waals surface area (Å²) >= 11 is 0. The molecule has 1 N–H and O–H groups in total. The van der Waals surface area contributed by atoms with Crippen molar-refractivity contribution in [3.63, 3.8) is 0 Å². The number of hydrogen-bond donors (Lipinski definition) is 1. The van der Waals surface area contributed by atoms with Crippen LogP contribution >= 0.6 is 0 Å². The monoisotopic (exact) mass is 319 g/mol. The third kappa shape index (κ3) is 7.28. The predicted octanol–water partition coefficient (Wildman–Crippen LogP) is 1.49. The second-order valence-electron chi connectivity index (χ2n) is 6.46. The van der Waals surface area contributed by atoms with Gasteiger partial charge in [0.05, 0.1) is 13.1 Å². The molecule has 1 aromatic rings. The largest absolute Gasteiger partial charge is 0.355 e. The lowest BCUT2D eigenvalue weighted by Gasteiger charge is -2.18. The summed E-state index contributed by atoms with van der Waals surface area (Å²) in [6, 6.07) is 8.51. The van der Waals surface area contributed by atoms with Gasteiger partial charge in [0.2, 0.25) is 11.8 Å². The molecule has 5 heteroatoms. The summed E-state index contributed by atoms with van der Waals surface area (Å²) in [6.07, 6.45) is 0.810. The van der Waals surface area contributed by atoms with Crippen molar-refractivity contribution >= 4 is 11.8 Å². The van der Waals surface area contributed by atoms with Crippen LogP contribution in [0, 0.1) is 0 Å². The minimum absolute atomic E-state index is 0.00876. The summed E-state index contributed by atoms with van der Waals surface area (Å²) in [4.78, 5) is 26.7. The van der Waals surface area contributed by atoms with E-state index in [1.54, 1.807) is 26.0 Å². The van der Waals surface area contributed by atoms with Crippen LogP contribution in [0.25, 0.3) is 0 Å². The lowest BCUT2D eigenvalue weighted by Crippen LogP contribution is -2.40. The van der Waals surface area contributed by atoms with E-state index in [1.165, 1.54) is 16.0 Å². The van der Waals surface area contributed by atoms with Crippen LogP contribution in [0.5, 0.6) is 0 Å². The third-order valence-electron chi connectivity index (χ3n) is 3.70. The Morgan fingerprint density at radius 1 is 1.04 bits per heavy atom. The van der Waals surface area contributed by atoms with Gasteiger partial charge < -0.3 is 10.2 Å². The first-order valence-corrected chi connectivity index (χ1v) is 8.03. The van der Waals surface area contributed by atoms with E-state index in [9.17, 15) is 9.59 Å². The molecule has 0 saturated carbocycles. The maximum Gasteiger partial charge on any atom is 0.236 e. The zero-order chi connectivity index (χ0) is 17.4. The number of likely N-dealkylation sites (N-methyl/N-ethyl adjacent to an activating group) is 2. The SMILES string of the molecule is CC(C)c1ccc(CCNC(=O)CN(C)CC(=O)N(C)C)cc1. The number of rotatable bonds is 8. The van der Waals surface area contributed by atoms with Gasteiger partial charge in [0.1, 0.15) is 0 Å². The van der Waals surface area contributed by atoms with Crippen LogP contribution in [0.3, 0.4) is 0 Å². The maximum atomic E-state index is 11.9. The minimum atomic E-state index is -0.0575. The van der Waals surface area contributed by atoms with Crippen LogP contribution in [0.15, 0.2) is 24.3 Å². The molecule has 0 radical (unpaired) electrons. The summed E-state index contributed by atoms with van der Waals surface area (Å²) in [5, 5.41) is 2.90. The van der Waals surface area contributed by atoms with Gasteiger partial charge in [-0.15, -0.1) is 0 Å². The number of nitrogens with zero attached hydrogens (tertiary/aromatic N) is 2. The molecule has 0 bridgehead atoms. The Hall–Kier alpha value is -1.88. The molecule has 0 aliphatic carbocycles. The van der Waals surface area contributed by atoms with Crippen molar-refractivity contribution < 1.29 is 9.59 Å². The Balaban J connectivity index is 2.29. The summed E-state index contributed by atoms with van der Waals surface area (Å²) < 4.78 is 0. The molecule has 1 rings (SSSR count). The van der Waals surface area contributed by atoms with Gasteiger partial charge in [-0.2, -0.15) is 0 Å². The van der Waals surface area contributed by atoms with Crippen molar-refractivity contribution in [2.24, 2.45) is 0 Å². The van der Waals surface area contributed by atoms with Gasteiger partial charge in [0.15, 0.2) is 0 Å². The molecule has 5 nitrogen and oxygen atoms in total. The van der Waals surface area contributed by atoms with E-state index < -0.39 is 0 Å². The van der Waals surface area contributed by atoms with Crippen molar-refractivity contribution in [3.05, 3.63) is 35.4 Å². The van der Waals surface area contributed by atoms with Crippen LogP contribution in [0.2, 0.25) is 0 Å². The fraction of sp³-hybridized carbons (Fsp3) is 0.556. The highest BCUT2D eigenvalue weighted by Gasteiger charge is 2.11. The minimum Gasteiger partial charge on any atom is -0.355 e. The van der Waals surface area contributed by atoms with Crippen molar-refractivity contribution in [3.8, 4) is 0 Å². The molecule has 128 valence electrons. The van der Waals surface area contributed by atoms with E-state index in [4.69, 9.17) is 0 Å². The number of carbonyl (C=O) groups is 2.